The molecule has 2 aliphatic heterocycles. The van der Waals surface area contributed by atoms with Gasteiger partial charge >= 0.3 is 0 Å². The van der Waals surface area contributed by atoms with Crippen LogP contribution in [0.5, 0.6) is 0 Å². The van der Waals surface area contributed by atoms with Gasteiger partial charge in [0, 0.05) is 43.1 Å². The van der Waals surface area contributed by atoms with Crippen molar-refractivity contribution in [2.45, 2.75) is 19.8 Å². The minimum atomic E-state index is -0.194. The predicted molar refractivity (Wildman–Crippen MR) is 118 cm³/mol. The normalized spacial score (nSPS) is 19.4. The van der Waals surface area contributed by atoms with E-state index in [9.17, 15) is 9.59 Å². The number of hydrogen-bond acceptors (Lipinski definition) is 4. The molecule has 2 fully saturated rings. The van der Waals surface area contributed by atoms with Crippen molar-refractivity contribution in [2.75, 3.05) is 49.6 Å². The van der Waals surface area contributed by atoms with E-state index in [0.29, 0.717) is 18.7 Å². The number of nitrogens with one attached hydrogen (secondary N) is 1. The molecule has 1 atom stereocenters. The van der Waals surface area contributed by atoms with E-state index in [-0.39, 0.29) is 17.7 Å². The fourth-order valence-corrected chi connectivity index (χ4v) is 4.10. The fourth-order valence-electron chi connectivity index (χ4n) is 4.10. The van der Waals surface area contributed by atoms with Crippen LogP contribution in [0.2, 0.25) is 0 Å². The molecule has 0 spiro atoms. The largest absolute Gasteiger partial charge is 0.378 e. The Bertz CT molecular complexity index is 891. The molecule has 0 saturated carbocycles. The molecule has 0 aromatic heterocycles. The molecule has 2 amide bonds. The molecule has 1 unspecified atom stereocenters. The quantitative estimate of drug-likeness (QED) is 0.845. The lowest BCUT2D eigenvalue weighted by molar-refractivity contribution is -0.121. The number of likely N-dealkylation sites (tertiary alicyclic amines) is 1. The van der Waals surface area contributed by atoms with Crippen molar-refractivity contribution in [3.63, 3.8) is 0 Å². The van der Waals surface area contributed by atoms with Gasteiger partial charge in [-0.1, -0.05) is 23.8 Å². The van der Waals surface area contributed by atoms with E-state index < -0.39 is 0 Å². The Hall–Kier alpha value is -2.86. The first kappa shape index (κ1) is 20.4. The van der Waals surface area contributed by atoms with Gasteiger partial charge in [-0.2, -0.15) is 0 Å². The molecular weight excluding hydrogens is 378 g/mol. The summed E-state index contributed by atoms with van der Waals surface area (Å²) in [6.45, 7) is 6.33. The second kappa shape index (κ2) is 9.30. The summed E-state index contributed by atoms with van der Waals surface area (Å²) in [5.74, 6) is -0.211. The highest BCUT2D eigenvalue weighted by molar-refractivity contribution is 5.96. The van der Waals surface area contributed by atoms with Gasteiger partial charge in [-0.05, 0) is 50.1 Å². The second-order valence-corrected chi connectivity index (χ2v) is 8.10. The Labute approximate surface area is 177 Å². The van der Waals surface area contributed by atoms with Gasteiger partial charge in [-0.25, -0.2) is 0 Å². The van der Waals surface area contributed by atoms with E-state index in [1.807, 2.05) is 54.3 Å². The van der Waals surface area contributed by atoms with Gasteiger partial charge in [0.2, 0.25) is 5.91 Å². The summed E-state index contributed by atoms with van der Waals surface area (Å²) in [5.41, 5.74) is 3.70. The van der Waals surface area contributed by atoms with E-state index in [2.05, 4.69) is 16.3 Å². The third-order valence-electron chi connectivity index (χ3n) is 5.87. The van der Waals surface area contributed by atoms with Crippen molar-refractivity contribution >= 4 is 23.2 Å². The molecule has 0 radical (unpaired) electrons. The van der Waals surface area contributed by atoms with Gasteiger partial charge in [0.15, 0.2) is 0 Å². The number of aryl methyl sites for hydroxylation is 1. The Morgan fingerprint density at radius 3 is 2.57 bits per heavy atom. The number of ether oxygens (including phenoxy) is 1. The van der Waals surface area contributed by atoms with Gasteiger partial charge in [0.1, 0.15) is 0 Å². The smallest absolute Gasteiger partial charge is 0.253 e. The average Bonchev–Trinajstić information content (AvgIpc) is 2.80. The fraction of sp³-hybridized carbons (Fsp3) is 0.417. The number of morpholine rings is 1. The molecular formula is C24H29N3O3. The van der Waals surface area contributed by atoms with Crippen molar-refractivity contribution in [2.24, 2.45) is 5.92 Å². The maximum atomic E-state index is 12.9. The van der Waals surface area contributed by atoms with Crippen molar-refractivity contribution < 1.29 is 14.3 Å². The zero-order valence-electron chi connectivity index (χ0n) is 17.5. The Morgan fingerprint density at radius 1 is 1.03 bits per heavy atom. The van der Waals surface area contributed by atoms with Crippen molar-refractivity contribution in [1.29, 1.82) is 0 Å². The van der Waals surface area contributed by atoms with Crippen LogP contribution in [0, 0.1) is 12.8 Å². The third kappa shape index (κ3) is 4.82. The molecule has 0 aliphatic carbocycles. The summed E-state index contributed by atoms with van der Waals surface area (Å²) in [7, 11) is 0. The van der Waals surface area contributed by atoms with Crippen LogP contribution in [0.15, 0.2) is 48.5 Å². The first-order valence-electron chi connectivity index (χ1n) is 10.7. The topological polar surface area (TPSA) is 61.9 Å². The number of carbonyl (C=O) groups is 2. The standard InChI is InChI=1S/C24H29N3O3/c1-18-7-9-19(10-8-18)24(29)27-11-3-4-20(17-27)23(28)25-21-5-2-6-22(16-21)26-12-14-30-15-13-26/h2,5-10,16,20H,3-4,11-15,17H2,1H3,(H,25,28). The van der Waals surface area contributed by atoms with E-state index in [1.54, 1.807) is 0 Å². The molecule has 2 aromatic rings. The molecule has 158 valence electrons. The lowest BCUT2D eigenvalue weighted by atomic mass is 9.96. The Morgan fingerprint density at radius 2 is 1.80 bits per heavy atom. The Kier molecular flexibility index (Phi) is 6.33. The molecule has 2 aromatic carbocycles. The lowest BCUT2D eigenvalue weighted by Crippen LogP contribution is -2.43. The van der Waals surface area contributed by atoms with Gasteiger partial charge in [-0.3, -0.25) is 9.59 Å². The van der Waals surface area contributed by atoms with Crippen LogP contribution in [0.1, 0.15) is 28.8 Å². The lowest BCUT2D eigenvalue weighted by Gasteiger charge is -2.32. The van der Waals surface area contributed by atoms with Gasteiger partial charge in [0.05, 0.1) is 19.1 Å². The molecule has 6 nitrogen and oxygen atoms in total. The van der Waals surface area contributed by atoms with Crippen molar-refractivity contribution in [3.05, 3.63) is 59.7 Å². The van der Waals surface area contributed by atoms with Crippen molar-refractivity contribution in [1.82, 2.24) is 4.90 Å². The summed E-state index contributed by atoms with van der Waals surface area (Å²) in [5, 5.41) is 3.06. The summed E-state index contributed by atoms with van der Waals surface area (Å²) in [4.78, 5) is 29.8. The maximum Gasteiger partial charge on any atom is 0.253 e. The molecule has 2 saturated heterocycles. The van der Waals surface area contributed by atoms with Crippen LogP contribution in [-0.4, -0.2) is 56.1 Å². The van der Waals surface area contributed by atoms with Crippen LogP contribution < -0.4 is 10.2 Å². The minimum absolute atomic E-state index is 0.00168. The van der Waals surface area contributed by atoms with Crippen LogP contribution >= 0.6 is 0 Å². The second-order valence-electron chi connectivity index (χ2n) is 8.10. The van der Waals surface area contributed by atoms with E-state index in [1.165, 1.54) is 0 Å². The van der Waals surface area contributed by atoms with Gasteiger partial charge in [0.25, 0.3) is 5.91 Å². The number of benzene rings is 2. The van der Waals surface area contributed by atoms with E-state index in [4.69, 9.17) is 4.74 Å². The number of rotatable bonds is 4. The SMILES string of the molecule is Cc1ccc(C(=O)N2CCCC(C(=O)Nc3cccc(N4CCOCC4)c3)C2)cc1. The third-order valence-corrected chi connectivity index (χ3v) is 5.87. The zero-order chi connectivity index (χ0) is 20.9. The molecule has 6 heteroatoms. The highest BCUT2D eigenvalue weighted by Gasteiger charge is 2.29. The van der Waals surface area contributed by atoms with Crippen molar-refractivity contribution in [3.8, 4) is 0 Å². The first-order valence-corrected chi connectivity index (χ1v) is 10.7. The molecule has 4 rings (SSSR count). The first-order chi connectivity index (χ1) is 14.6. The number of nitrogens with zero attached hydrogens (tertiary/aromatic N) is 2. The van der Waals surface area contributed by atoms with Crippen LogP contribution in [0.3, 0.4) is 0 Å². The summed E-state index contributed by atoms with van der Waals surface area (Å²) < 4.78 is 5.42. The monoisotopic (exact) mass is 407 g/mol. The number of carbonyl (C=O) groups excluding carboxylic acids is 2. The summed E-state index contributed by atoms with van der Waals surface area (Å²) >= 11 is 0. The zero-order valence-corrected chi connectivity index (χ0v) is 17.5. The molecule has 0 bridgehead atoms. The highest BCUT2D eigenvalue weighted by Crippen LogP contribution is 2.24. The van der Waals surface area contributed by atoms with Gasteiger partial charge < -0.3 is 19.9 Å². The molecule has 2 aliphatic rings. The summed E-state index contributed by atoms with van der Waals surface area (Å²) in [6, 6.07) is 15.6. The Balaban J connectivity index is 1.38. The number of hydrogen-bond donors (Lipinski definition) is 1. The van der Waals surface area contributed by atoms with E-state index in [0.717, 1.165) is 56.1 Å². The minimum Gasteiger partial charge on any atom is -0.378 e. The molecule has 2 heterocycles. The highest BCUT2D eigenvalue weighted by atomic mass is 16.5. The molecule has 30 heavy (non-hydrogen) atoms. The number of anilines is 2. The average molecular weight is 408 g/mol. The maximum absolute atomic E-state index is 12.9. The van der Waals surface area contributed by atoms with Crippen LogP contribution in [0.4, 0.5) is 11.4 Å². The van der Waals surface area contributed by atoms with Crippen LogP contribution in [-0.2, 0) is 9.53 Å². The van der Waals surface area contributed by atoms with E-state index >= 15 is 0 Å². The van der Waals surface area contributed by atoms with Gasteiger partial charge in [-0.15, -0.1) is 0 Å². The molecule has 1 N–H and O–H groups in total. The number of amides is 2. The summed E-state index contributed by atoms with van der Waals surface area (Å²) in [6.07, 6.45) is 1.64. The number of piperidine rings is 1. The van der Waals surface area contributed by atoms with Crippen LogP contribution in [0.25, 0.3) is 0 Å². The predicted octanol–water partition coefficient (Wildman–Crippen LogP) is 3.32.